The molecule has 1 aliphatic heterocycles. The van der Waals surface area contributed by atoms with Crippen LogP contribution in [0.15, 0.2) is 0 Å². The van der Waals surface area contributed by atoms with E-state index in [1.54, 1.807) is 4.90 Å². The number of hydrogen-bond donors (Lipinski definition) is 0. The molecule has 1 saturated heterocycles. The first kappa shape index (κ1) is 12.7. The molecule has 0 saturated carbocycles. The molecular weight excluding hydrogens is 242 g/mol. The molecule has 1 rings (SSSR count). The van der Waals surface area contributed by atoms with Crippen molar-refractivity contribution in [1.29, 1.82) is 0 Å². The lowest BCUT2D eigenvalue weighted by molar-refractivity contribution is -0.135. The third-order valence-electron chi connectivity index (χ3n) is 2.14. The molecule has 1 aliphatic rings. The molecule has 15 heavy (non-hydrogen) atoms. The summed E-state index contributed by atoms with van der Waals surface area (Å²) in [5, 5.41) is 0. The Balaban J connectivity index is 2.23. The van der Waals surface area contributed by atoms with Crippen molar-refractivity contribution in [2.45, 2.75) is 12.8 Å². The van der Waals surface area contributed by atoms with Crippen molar-refractivity contribution in [2.24, 2.45) is 0 Å². The van der Waals surface area contributed by atoms with Gasteiger partial charge in [0.25, 0.3) is 0 Å². The minimum absolute atomic E-state index is 0.0291. The van der Waals surface area contributed by atoms with Crippen LogP contribution in [-0.4, -0.2) is 51.3 Å². The summed E-state index contributed by atoms with van der Waals surface area (Å²) in [5.74, 6) is -0.177. The molecule has 1 amide bonds. The number of amides is 1. The van der Waals surface area contributed by atoms with Gasteiger partial charge in [0.15, 0.2) is 0 Å². The molecule has 7 heteroatoms. The molecule has 0 bridgehead atoms. The highest BCUT2D eigenvalue weighted by molar-refractivity contribution is 8.13. The van der Waals surface area contributed by atoms with Crippen molar-refractivity contribution in [3.8, 4) is 0 Å². The van der Waals surface area contributed by atoms with Crippen LogP contribution in [0.25, 0.3) is 0 Å². The number of halogens is 1. The van der Waals surface area contributed by atoms with Crippen LogP contribution >= 0.6 is 10.7 Å². The lowest BCUT2D eigenvalue weighted by atomic mass is 10.3. The molecule has 1 fully saturated rings. The fourth-order valence-corrected chi connectivity index (χ4v) is 2.18. The summed E-state index contributed by atoms with van der Waals surface area (Å²) in [6, 6.07) is 0. The van der Waals surface area contributed by atoms with Crippen molar-refractivity contribution >= 4 is 25.6 Å². The predicted molar refractivity (Wildman–Crippen MR) is 56.3 cm³/mol. The van der Waals surface area contributed by atoms with Crippen molar-refractivity contribution in [3.63, 3.8) is 0 Å². The minimum atomic E-state index is -3.47. The molecule has 0 atom stereocenters. The minimum Gasteiger partial charge on any atom is -0.378 e. The Morgan fingerprint density at radius 3 is 2.47 bits per heavy atom. The number of ether oxygens (including phenoxy) is 1. The van der Waals surface area contributed by atoms with Crippen molar-refractivity contribution < 1.29 is 17.9 Å². The van der Waals surface area contributed by atoms with Crippen LogP contribution in [0.3, 0.4) is 0 Å². The molecule has 0 aromatic rings. The second-order valence-electron chi connectivity index (χ2n) is 3.34. The van der Waals surface area contributed by atoms with E-state index in [1.165, 1.54) is 0 Å². The van der Waals surface area contributed by atoms with E-state index in [-0.39, 0.29) is 24.5 Å². The van der Waals surface area contributed by atoms with Gasteiger partial charge in [0.1, 0.15) is 0 Å². The lowest BCUT2D eigenvalue weighted by Crippen LogP contribution is -2.40. The van der Waals surface area contributed by atoms with E-state index >= 15 is 0 Å². The standard InChI is InChI=1S/C8H14ClNO4S/c9-15(12,13)7-1-2-8(11)10-3-5-14-6-4-10/h1-7H2. The Morgan fingerprint density at radius 1 is 1.33 bits per heavy atom. The second-order valence-corrected chi connectivity index (χ2v) is 6.24. The monoisotopic (exact) mass is 255 g/mol. The van der Waals surface area contributed by atoms with Gasteiger partial charge in [-0.25, -0.2) is 8.42 Å². The Labute approximate surface area is 93.8 Å². The van der Waals surface area contributed by atoms with E-state index < -0.39 is 9.05 Å². The number of hydrogen-bond acceptors (Lipinski definition) is 4. The van der Waals surface area contributed by atoms with Gasteiger partial charge in [-0.2, -0.15) is 0 Å². The highest BCUT2D eigenvalue weighted by atomic mass is 35.7. The Hall–Kier alpha value is -0.330. The van der Waals surface area contributed by atoms with Crippen molar-refractivity contribution in [2.75, 3.05) is 32.1 Å². The molecule has 0 radical (unpaired) electrons. The van der Waals surface area contributed by atoms with Crippen LogP contribution < -0.4 is 0 Å². The van der Waals surface area contributed by atoms with E-state index in [4.69, 9.17) is 15.4 Å². The molecule has 0 N–H and O–H groups in total. The average Bonchev–Trinajstić information content (AvgIpc) is 2.17. The van der Waals surface area contributed by atoms with Crippen molar-refractivity contribution in [3.05, 3.63) is 0 Å². The summed E-state index contributed by atoms with van der Waals surface area (Å²) in [4.78, 5) is 13.2. The van der Waals surface area contributed by atoms with Gasteiger partial charge in [0.05, 0.1) is 19.0 Å². The first-order valence-electron chi connectivity index (χ1n) is 4.77. The molecular formula is C8H14ClNO4S. The fraction of sp³-hybridized carbons (Fsp3) is 0.875. The number of nitrogens with zero attached hydrogens (tertiary/aromatic N) is 1. The zero-order valence-electron chi connectivity index (χ0n) is 8.32. The average molecular weight is 256 g/mol. The SMILES string of the molecule is O=C(CCCS(=O)(=O)Cl)N1CCOCC1. The van der Waals surface area contributed by atoms with Crippen LogP contribution in [-0.2, 0) is 18.6 Å². The van der Waals surface area contributed by atoms with Gasteiger partial charge in [-0.1, -0.05) is 0 Å². The maximum absolute atomic E-state index is 11.5. The van der Waals surface area contributed by atoms with Crippen LogP contribution in [0.2, 0.25) is 0 Å². The van der Waals surface area contributed by atoms with Gasteiger partial charge >= 0.3 is 0 Å². The van der Waals surface area contributed by atoms with Gasteiger partial charge in [-0.3, -0.25) is 4.79 Å². The highest BCUT2D eigenvalue weighted by Gasteiger charge is 2.17. The molecule has 88 valence electrons. The zero-order valence-corrected chi connectivity index (χ0v) is 9.89. The summed E-state index contributed by atoms with van der Waals surface area (Å²) in [7, 11) is 1.56. The number of carbonyl (C=O) groups is 1. The molecule has 0 aromatic carbocycles. The highest BCUT2D eigenvalue weighted by Crippen LogP contribution is 2.05. The van der Waals surface area contributed by atoms with Crippen LogP contribution in [0.5, 0.6) is 0 Å². The fourth-order valence-electron chi connectivity index (χ4n) is 1.37. The third-order valence-corrected chi connectivity index (χ3v) is 3.38. The van der Waals surface area contributed by atoms with Crippen LogP contribution in [0, 0.1) is 0 Å². The van der Waals surface area contributed by atoms with E-state index in [2.05, 4.69) is 0 Å². The van der Waals surface area contributed by atoms with Crippen LogP contribution in [0.1, 0.15) is 12.8 Å². The molecule has 5 nitrogen and oxygen atoms in total. The van der Waals surface area contributed by atoms with Gasteiger partial charge in [-0.15, -0.1) is 0 Å². The first-order valence-corrected chi connectivity index (χ1v) is 7.25. The largest absolute Gasteiger partial charge is 0.378 e. The number of morpholine rings is 1. The van der Waals surface area contributed by atoms with Crippen LogP contribution in [0.4, 0.5) is 0 Å². The summed E-state index contributed by atoms with van der Waals surface area (Å²) >= 11 is 0. The smallest absolute Gasteiger partial charge is 0.232 e. The van der Waals surface area contributed by atoms with Gasteiger partial charge in [-0.05, 0) is 6.42 Å². The Bertz CT molecular complexity index is 311. The first-order chi connectivity index (χ1) is 6.99. The van der Waals surface area contributed by atoms with E-state index in [0.717, 1.165) is 0 Å². The quantitative estimate of drug-likeness (QED) is 0.673. The summed E-state index contributed by atoms with van der Waals surface area (Å²) in [5.41, 5.74) is 0. The van der Waals surface area contributed by atoms with Gasteiger partial charge in [0, 0.05) is 30.2 Å². The second kappa shape index (κ2) is 5.67. The third kappa shape index (κ3) is 5.34. The van der Waals surface area contributed by atoms with Gasteiger partial charge < -0.3 is 9.64 Å². The summed E-state index contributed by atoms with van der Waals surface area (Å²) in [6.45, 7) is 2.29. The van der Waals surface area contributed by atoms with E-state index in [1.807, 2.05) is 0 Å². The van der Waals surface area contributed by atoms with E-state index in [0.29, 0.717) is 26.3 Å². The number of carbonyl (C=O) groups excluding carboxylic acids is 1. The molecule has 0 unspecified atom stereocenters. The summed E-state index contributed by atoms with van der Waals surface area (Å²) < 4.78 is 26.3. The Kier molecular flexibility index (Phi) is 4.82. The van der Waals surface area contributed by atoms with E-state index in [9.17, 15) is 13.2 Å². The Morgan fingerprint density at radius 2 is 1.93 bits per heavy atom. The topological polar surface area (TPSA) is 63.7 Å². The molecule has 0 aliphatic carbocycles. The van der Waals surface area contributed by atoms with Crippen molar-refractivity contribution in [1.82, 2.24) is 4.90 Å². The lowest BCUT2D eigenvalue weighted by Gasteiger charge is -2.26. The maximum Gasteiger partial charge on any atom is 0.232 e. The van der Waals surface area contributed by atoms with Gasteiger partial charge in [0.2, 0.25) is 15.0 Å². The number of rotatable bonds is 4. The molecule has 0 aromatic heterocycles. The molecule has 0 spiro atoms. The molecule has 1 heterocycles. The normalized spacial score (nSPS) is 17.8. The summed E-state index contributed by atoms with van der Waals surface area (Å²) in [6.07, 6.45) is 0.508. The zero-order chi connectivity index (χ0) is 11.3. The maximum atomic E-state index is 11.5. The predicted octanol–water partition coefficient (Wildman–Crippen LogP) is 0.194.